The molecule has 4 nitrogen and oxygen atoms in total. The smallest absolute Gasteiger partial charge is 0.243 e. The number of halogens is 2. The summed E-state index contributed by atoms with van der Waals surface area (Å²) in [4.78, 5) is 24.9. The summed E-state index contributed by atoms with van der Waals surface area (Å²) < 4.78 is 0. The number of rotatable bonds is 6. The first-order chi connectivity index (χ1) is 13.0. The van der Waals surface area contributed by atoms with Gasteiger partial charge < -0.3 is 10.6 Å². The fraction of sp³-hybridized carbons (Fsp3) is 0.333. The molecule has 27 heavy (non-hydrogen) atoms. The van der Waals surface area contributed by atoms with Gasteiger partial charge in [-0.25, -0.2) is 0 Å². The largest absolute Gasteiger partial charge is 0.344 e. The van der Waals surface area contributed by atoms with Crippen molar-refractivity contribution in [1.82, 2.24) is 10.6 Å². The van der Waals surface area contributed by atoms with Gasteiger partial charge in [0.1, 0.15) is 6.04 Å². The number of hydrogen-bond donors (Lipinski definition) is 2. The van der Waals surface area contributed by atoms with Crippen LogP contribution >= 0.6 is 23.2 Å². The molecule has 1 aliphatic rings. The number of amides is 2. The Balaban J connectivity index is 1.77. The summed E-state index contributed by atoms with van der Waals surface area (Å²) in [7, 11) is 0. The van der Waals surface area contributed by atoms with Gasteiger partial charge in [0.25, 0.3) is 0 Å². The van der Waals surface area contributed by atoms with Crippen molar-refractivity contribution in [3.8, 4) is 0 Å². The summed E-state index contributed by atoms with van der Waals surface area (Å²) in [6.07, 6.45) is 2.87. The van der Waals surface area contributed by atoms with Gasteiger partial charge in [0, 0.05) is 5.92 Å². The van der Waals surface area contributed by atoms with Crippen LogP contribution in [-0.2, 0) is 9.59 Å². The molecule has 0 bridgehead atoms. The lowest BCUT2D eigenvalue weighted by Crippen LogP contribution is -2.48. The topological polar surface area (TPSA) is 58.2 Å². The Morgan fingerprint density at radius 1 is 0.963 bits per heavy atom. The third-order valence-electron chi connectivity index (χ3n) is 4.92. The Morgan fingerprint density at radius 2 is 1.67 bits per heavy atom. The molecule has 1 fully saturated rings. The zero-order valence-corrected chi connectivity index (χ0v) is 16.6. The maximum absolute atomic E-state index is 12.7. The minimum absolute atomic E-state index is 0.0419. The van der Waals surface area contributed by atoms with Crippen molar-refractivity contribution < 1.29 is 9.59 Å². The summed E-state index contributed by atoms with van der Waals surface area (Å²) in [5.74, 6) is -0.252. The predicted octanol–water partition coefficient (Wildman–Crippen LogP) is 4.50. The van der Waals surface area contributed by atoms with Crippen molar-refractivity contribution in [1.29, 1.82) is 0 Å². The molecule has 6 heteroatoms. The number of nitrogens with one attached hydrogen (secondary N) is 2. The average molecular weight is 405 g/mol. The molecular formula is C21H22Cl2N2O2. The highest BCUT2D eigenvalue weighted by molar-refractivity contribution is 6.42. The van der Waals surface area contributed by atoms with E-state index >= 15 is 0 Å². The Kier molecular flexibility index (Phi) is 6.40. The van der Waals surface area contributed by atoms with Crippen molar-refractivity contribution in [2.24, 2.45) is 5.92 Å². The molecule has 1 saturated carbocycles. The summed E-state index contributed by atoms with van der Waals surface area (Å²) in [6.45, 7) is 1.70. The maximum Gasteiger partial charge on any atom is 0.243 e. The highest BCUT2D eigenvalue weighted by atomic mass is 35.5. The van der Waals surface area contributed by atoms with Gasteiger partial charge in [-0.05, 0) is 43.0 Å². The summed E-state index contributed by atoms with van der Waals surface area (Å²) in [6, 6.07) is 13.9. The molecule has 142 valence electrons. The molecule has 0 aromatic heterocycles. The van der Waals surface area contributed by atoms with Gasteiger partial charge >= 0.3 is 0 Å². The molecule has 0 saturated heterocycles. The van der Waals surface area contributed by atoms with Crippen molar-refractivity contribution in [2.75, 3.05) is 0 Å². The molecule has 0 heterocycles. The molecule has 2 unspecified atom stereocenters. The SMILES string of the molecule is CC(NC(=O)C1CCC1)C(=O)NC(c1ccccc1)c1ccc(Cl)c(Cl)c1. The first kappa shape index (κ1) is 19.7. The van der Waals surface area contributed by atoms with Gasteiger partial charge in [0.15, 0.2) is 0 Å². The lowest BCUT2D eigenvalue weighted by Gasteiger charge is -2.27. The molecule has 2 atom stereocenters. The monoisotopic (exact) mass is 404 g/mol. The highest BCUT2D eigenvalue weighted by Crippen LogP contribution is 2.29. The van der Waals surface area contributed by atoms with Crippen molar-refractivity contribution >= 4 is 35.0 Å². The van der Waals surface area contributed by atoms with Crippen molar-refractivity contribution in [3.63, 3.8) is 0 Å². The molecule has 0 radical (unpaired) electrons. The quantitative estimate of drug-likeness (QED) is 0.743. The van der Waals surface area contributed by atoms with Crippen LogP contribution in [0.1, 0.15) is 43.4 Å². The van der Waals surface area contributed by atoms with Crippen LogP contribution in [0.3, 0.4) is 0 Å². The second-order valence-corrected chi connectivity index (χ2v) is 7.70. The Morgan fingerprint density at radius 3 is 2.26 bits per heavy atom. The van der Waals surface area contributed by atoms with E-state index < -0.39 is 12.1 Å². The standard InChI is InChI=1S/C21H22Cl2N2O2/c1-13(24-21(27)15-8-5-9-15)20(26)25-19(14-6-3-2-4-7-14)16-10-11-17(22)18(23)12-16/h2-4,6-7,10-13,15,19H,5,8-9H2,1H3,(H,24,27)(H,25,26). The van der Waals surface area contributed by atoms with E-state index in [-0.39, 0.29) is 17.7 Å². The average Bonchev–Trinajstić information content (AvgIpc) is 2.61. The van der Waals surface area contributed by atoms with Gasteiger partial charge in [-0.2, -0.15) is 0 Å². The van der Waals surface area contributed by atoms with Gasteiger partial charge in [0.2, 0.25) is 11.8 Å². The molecule has 1 aliphatic carbocycles. The van der Waals surface area contributed by atoms with Crippen LogP contribution in [0.5, 0.6) is 0 Å². The van der Waals surface area contributed by atoms with E-state index in [1.54, 1.807) is 19.1 Å². The molecule has 0 aliphatic heterocycles. The fourth-order valence-corrected chi connectivity index (χ4v) is 3.34. The number of hydrogen-bond acceptors (Lipinski definition) is 2. The fourth-order valence-electron chi connectivity index (χ4n) is 3.03. The molecule has 3 rings (SSSR count). The lowest BCUT2D eigenvalue weighted by atomic mass is 9.84. The van der Waals surface area contributed by atoms with E-state index in [0.717, 1.165) is 30.4 Å². The van der Waals surface area contributed by atoms with E-state index in [4.69, 9.17) is 23.2 Å². The van der Waals surface area contributed by atoms with Crippen LogP contribution < -0.4 is 10.6 Å². The first-order valence-electron chi connectivity index (χ1n) is 9.06. The van der Waals surface area contributed by atoms with Crippen molar-refractivity contribution in [2.45, 2.75) is 38.3 Å². The van der Waals surface area contributed by atoms with Crippen LogP contribution in [0, 0.1) is 5.92 Å². The molecule has 2 aromatic carbocycles. The molecule has 2 N–H and O–H groups in total. The van der Waals surface area contributed by atoms with Gasteiger partial charge in [-0.1, -0.05) is 66.0 Å². The highest BCUT2D eigenvalue weighted by Gasteiger charge is 2.28. The maximum atomic E-state index is 12.7. The second-order valence-electron chi connectivity index (χ2n) is 6.88. The molecule has 2 aromatic rings. The summed E-state index contributed by atoms with van der Waals surface area (Å²) in [5.41, 5.74) is 1.74. The van der Waals surface area contributed by atoms with Crippen LogP contribution in [0.15, 0.2) is 48.5 Å². The Bertz CT molecular complexity index is 822. The minimum atomic E-state index is -0.618. The zero-order valence-electron chi connectivity index (χ0n) is 15.0. The van der Waals surface area contributed by atoms with E-state index in [2.05, 4.69) is 10.6 Å². The second kappa shape index (κ2) is 8.77. The van der Waals surface area contributed by atoms with E-state index in [1.165, 1.54) is 0 Å². The summed E-state index contributed by atoms with van der Waals surface area (Å²) in [5, 5.41) is 6.72. The van der Waals surface area contributed by atoms with Crippen LogP contribution in [0.2, 0.25) is 10.0 Å². The zero-order chi connectivity index (χ0) is 19.4. The number of carbonyl (C=O) groups is 2. The van der Waals surface area contributed by atoms with Gasteiger partial charge in [-0.3, -0.25) is 9.59 Å². The Labute approximate surface area is 169 Å². The first-order valence-corrected chi connectivity index (χ1v) is 9.82. The normalized spacial score (nSPS) is 16.1. The molecule has 0 spiro atoms. The minimum Gasteiger partial charge on any atom is -0.344 e. The van der Waals surface area contributed by atoms with E-state index in [1.807, 2.05) is 36.4 Å². The van der Waals surface area contributed by atoms with Crippen LogP contribution in [0.4, 0.5) is 0 Å². The molecule has 2 amide bonds. The summed E-state index contributed by atoms with van der Waals surface area (Å²) >= 11 is 12.2. The lowest BCUT2D eigenvalue weighted by molar-refractivity contribution is -0.132. The third kappa shape index (κ3) is 4.82. The van der Waals surface area contributed by atoms with E-state index in [9.17, 15) is 9.59 Å². The van der Waals surface area contributed by atoms with Gasteiger partial charge in [0.05, 0.1) is 16.1 Å². The number of benzene rings is 2. The van der Waals surface area contributed by atoms with Crippen molar-refractivity contribution in [3.05, 3.63) is 69.7 Å². The van der Waals surface area contributed by atoms with Gasteiger partial charge in [-0.15, -0.1) is 0 Å². The Hall–Kier alpha value is -2.04. The molecular weight excluding hydrogens is 383 g/mol. The van der Waals surface area contributed by atoms with Crippen LogP contribution in [-0.4, -0.2) is 17.9 Å². The number of carbonyl (C=O) groups excluding carboxylic acids is 2. The predicted molar refractivity (Wildman–Crippen MR) is 108 cm³/mol. The van der Waals surface area contributed by atoms with E-state index in [0.29, 0.717) is 10.0 Å². The third-order valence-corrected chi connectivity index (χ3v) is 5.66. The van der Waals surface area contributed by atoms with Crippen LogP contribution in [0.25, 0.3) is 0 Å².